The lowest BCUT2D eigenvalue weighted by atomic mass is 10.0. The molecule has 6 heteroatoms. The molecule has 22 heavy (non-hydrogen) atoms. The molecule has 3 heterocycles. The van der Waals surface area contributed by atoms with E-state index in [1.807, 2.05) is 24.7 Å². The van der Waals surface area contributed by atoms with Crippen molar-refractivity contribution >= 4 is 11.6 Å². The number of nitrogens with zero attached hydrogens (tertiary/aromatic N) is 3. The minimum Gasteiger partial charge on any atom is -0.369 e. The number of ether oxygens (including phenoxy) is 1. The first-order chi connectivity index (χ1) is 10.8. The summed E-state index contributed by atoms with van der Waals surface area (Å²) in [5.41, 5.74) is 1.08. The molecule has 3 rings (SSSR count). The highest BCUT2D eigenvalue weighted by atomic mass is 35.5. The molecule has 0 unspecified atom stereocenters. The van der Waals surface area contributed by atoms with Crippen LogP contribution in [0.4, 0.5) is 0 Å². The highest BCUT2D eigenvalue weighted by Crippen LogP contribution is 2.27. The van der Waals surface area contributed by atoms with E-state index < -0.39 is 0 Å². The normalized spacial score (nSPS) is 21.9. The van der Waals surface area contributed by atoms with Crippen LogP contribution in [0.5, 0.6) is 0 Å². The first-order valence-electron chi connectivity index (χ1n) is 7.73. The Morgan fingerprint density at radius 3 is 3.18 bits per heavy atom. The lowest BCUT2D eigenvalue weighted by Crippen LogP contribution is -2.40. The van der Waals surface area contributed by atoms with Gasteiger partial charge in [-0.25, -0.2) is 4.98 Å². The van der Waals surface area contributed by atoms with Crippen LogP contribution in [0.15, 0.2) is 30.9 Å². The third-order valence-corrected chi connectivity index (χ3v) is 4.20. The zero-order valence-electron chi connectivity index (χ0n) is 12.7. The summed E-state index contributed by atoms with van der Waals surface area (Å²) in [6.45, 7) is 4.54. The van der Waals surface area contributed by atoms with E-state index >= 15 is 0 Å². The molecule has 1 N–H and O–H groups in total. The summed E-state index contributed by atoms with van der Waals surface area (Å²) in [6.07, 6.45) is 9.47. The molecule has 118 valence electrons. The maximum absolute atomic E-state index is 6.00. The SMILES string of the molecule is CCn1ccnc1[C@@H]1OCCC[C@H]1NCc1cncc(Cl)c1. The second-order valence-electron chi connectivity index (χ2n) is 5.50. The second-order valence-corrected chi connectivity index (χ2v) is 5.94. The quantitative estimate of drug-likeness (QED) is 0.920. The van der Waals surface area contributed by atoms with Crippen molar-refractivity contribution in [2.45, 2.75) is 45.0 Å². The standard InChI is InChI=1S/C16H21ClN4O/c1-2-21-6-5-19-16(21)15-14(4-3-7-22-15)20-10-12-8-13(17)11-18-9-12/h5-6,8-9,11,14-15,20H,2-4,7,10H2,1H3/t14-,15-/m1/s1. The largest absolute Gasteiger partial charge is 0.369 e. The lowest BCUT2D eigenvalue weighted by Gasteiger charge is -2.32. The maximum Gasteiger partial charge on any atom is 0.139 e. The minimum atomic E-state index is -0.00385. The molecule has 1 aliphatic rings. The number of pyridine rings is 1. The molecule has 0 amide bonds. The van der Waals surface area contributed by atoms with Gasteiger partial charge in [-0.2, -0.15) is 0 Å². The number of rotatable bonds is 5. The molecule has 1 fully saturated rings. The van der Waals surface area contributed by atoms with Crippen LogP contribution in [0.2, 0.25) is 5.02 Å². The summed E-state index contributed by atoms with van der Waals surface area (Å²) in [5, 5.41) is 4.24. The molecule has 0 radical (unpaired) electrons. The summed E-state index contributed by atoms with van der Waals surface area (Å²) in [4.78, 5) is 8.62. The van der Waals surface area contributed by atoms with Gasteiger partial charge in [-0.3, -0.25) is 4.98 Å². The van der Waals surface area contributed by atoms with Crippen molar-refractivity contribution in [3.05, 3.63) is 47.3 Å². The molecular formula is C16H21ClN4O. The highest BCUT2D eigenvalue weighted by Gasteiger charge is 2.30. The molecule has 1 aliphatic heterocycles. The average molecular weight is 321 g/mol. The van der Waals surface area contributed by atoms with Crippen LogP contribution in [0.1, 0.15) is 37.3 Å². The number of aryl methyl sites for hydroxylation is 1. The number of aromatic nitrogens is 3. The second kappa shape index (κ2) is 7.22. The molecular weight excluding hydrogens is 300 g/mol. The Kier molecular flexibility index (Phi) is 5.08. The summed E-state index contributed by atoms with van der Waals surface area (Å²) in [5.74, 6) is 1.00. The van der Waals surface area contributed by atoms with Gasteiger partial charge in [0.2, 0.25) is 0 Å². The van der Waals surface area contributed by atoms with Crippen LogP contribution in [0, 0.1) is 0 Å². The summed E-state index contributed by atoms with van der Waals surface area (Å²) in [6, 6.07) is 2.19. The number of halogens is 1. The smallest absolute Gasteiger partial charge is 0.139 e. The molecule has 0 spiro atoms. The van der Waals surface area contributed by atoms with Crippen molar-refractivity contribution in [1.29, 1.82) is 0 Å². The Balaban J connectivity index is 1.70. The highest BCUT2D eigenvalue weighted by molar-refractivity contribution is 6.30. The fourth-order valence-corrected chi connectivity index (χ4v) is 3.09. The van der Waals surface area contributed by atoms with E-state index in [-0.39, 0.29) is 12.1 Å². The van der Waals surface area contributed by atoms with Gasteiger partial charge in [0.05, 0.1) is 5.02 Å². The summed E-state index contributed by atoms with van der Waals surface area (Å²) < 4.78 is 8.15. The van der Waals surface area contributed by atoms with E-state index in [1.54, 1.807) is 6.20 Å². The predicted octanol–water partition coefficient (Wildman–Crippen LogP) is 2.96. The Morgan fingerprint density at radius 2 is 2.36 bits per heavy atom. The van der Waals surface area contributed by atoms with Crippen LogP contribution in [-0.4, -0.2) is 27.2 Å². The summed E-state index contributed by atoms with van der Waals surface area (Å²) in [7, 11) is 0. The third kappa shape index (κ3) is 3.48. The first kappa shape index (κ1) is 15.5. The molecule has 2 aromatic heterocycles. The van der Waals surface area contributed by atoms with Gasteiger partial charge < -0.3 is 14.6 Å². The van der Waals surface area contributed by atoms with E-state index in [4.69, 9.17) is 16.3 Å². The minimum absolute atomic E-state index is 0.00385. The van der Waals surface area contributed by atoms with E-state index in [0.717, 1.165) is 43.9 Å². The molecule has 0 aromatic carbocycles. The van der Waals surface area contributed by atoms with Crippen molar-refractivity contribution in [3.8, 4) is 0 Å². The first-order valence-corrected chi connectivity index (χ1v) is 8.11. The average Bonchev–Trinajstić information content (AvgIpc) is 3.02. The van der Waals surface area contributed by atoms with Crippen molar-refractivity contribution in [1.82, 2.24) is 19.9 Å². The number of hydrogen-bond acceptors (Lipinski definition) is 4. The zero-order chi connectivity index (χ0) is 15.4. The van der Waals surface area contributed by atoms with Crippen LogP contribution in [0.25, 0.3) is 0 Å². The molecule has 2 atom stereocenters. The van der Waals surface area contributed by atoms with Gasteiger partial charge in [0.25, 0.3) is 0 Å². The van der Waals surface area contributed by atoms with Crippen molar-refractivity contribution in [2.75, 3.05) is 6.61 Å². The van der Waals surface area contributed by atoms with Crippen LogP contribution in [0.3, 0.4) is 0 Å². The lowest BCUT2D eigenvalue weighted by molar-refractivity contribution is -0.0182. The Labute approximate surface area is 135 Å². The van der Waals surface area contributed by atoms with Gasteiger partial charge in [0.1, 0.15) is 11.9 Å². The molecule has 0 bridgehead atoms. The fraction of sp³-hybridized carbons (Fsp3) is 0.500. The molecule has 5 nitrogen and oxygen atoms in total. The zero-order valence-corrected chi connectivity index (χ0v) is 13.5. The van der Waals surface area contributed by atoms with Crippen LogP contribution >= 0.6 is 11.6 Å². The van der Waals surface area contributed by atoms with Crippen molar-refractivity contribution in [3.63, 3.8) is 0 Å². The van der Waals surface area contributed by atoms with E-state index in [2.05, 4.69) is 26.8 Å². The number of hydrogen-bond donors (Lipinski definition) is 1. The van der Waals surface area contributed by atoms with Crippen LogP contribution in [-0.2, 0) is 17.8 Å². The number of nitrogens with one attached hydrogen (secondary N) is 1. The molecule has 2 aromatic rings. The van der Waals surface area contributed by atoms with Gasteiger partial charge in [-0.05, 0) is 31.4 Å². The van der Waals surface area contributed by atoms with Gasteiger partial charge in [-0.1, -0.05) is 11.6 Å². The third-order valence-electron chi connectivity index (χ3n) is 4.00. The van der Waals surface area contributed by atoms with Gasteiger partial charge in [-0.15, -0.1) is 0 Å². The van der Waals surface area contributed by atoms with E-state index in [1.165, 1.54) is 0 Å². The Morgan fingerprint density at radius 1 is 1.45 bits per heavy atom. The van der Waals surface area contributed by atoms with Crippen LogP contribution < -0.4 is 5.32 Å². The molecule has 0 saturated carbocycles. The number of imidazole rings is 1. The summed E-state index contributed by atoms with van der Waals surface area (Å²) >= 11 is 5.99. The fourth-order valence-electron chi connectivity index (χ4n) is 2.89. The maximum atomic E-state index is 6.00. The topological polar surface area (TPSA) is 52.0 Å². The monoisotopic (exact) mass is 320 g/mol. The van der Waals surface area contributed by atoms with E-state index in [9.17, 15) is 0 Å². The van der Waals surface area contributed by atoms with Crippen molar-refractivity contribution in [2.24, 2.45) is 0 Å². The van der Waals surface area contributed by atoms with Crippen molar-refractivity contribution < 1.29 is 4.74 Å². The van der Waals surface area contributed by atoms with Gasteiger partial charge >= 0.3 is 0 Å². The molecule has 0 aliphatic carbocycles. The van der Waals surface area contributed by atoms with Gasteiger partial charge in [0, 0.05) is 50.5 Å². The molecule has 1 saturated heterocycles. The predicted molar refractivity (Wildman–Crippen MR) is 85.7 cm³/mol. The Bertz CT molecular complexity index is 616. The Hall–Kier alpha value is -1.43. The van der Waals surface area contributed by atoms with Gasteiger partial charge in [0.15, 0.2) is 0 Å². The van der Waals surface area contributed by atoms with E-state index in [0.29, 0.717) is 5.02 Å².